The van der Waals surface area contributed by atoms with Gasteiger partial charge in [-0.15, -0.1) is 0 Å². The molecule has 5 heterocycles. The summed E-state index contributed by atoms with van der Waals surface area (Å²) in [4.78, 5) is 26.1. The molecule has 0 spiro atoms. The van der Waals surface area contributed by atoms with E-state index in [2.05, 4.69) is 191 Å². The molecule has 0 bridgehead atoms. The van der Waals surface area contributed by atoms with Crippen LogP contribution in [0.2, 0.25) is 0 Å². The molecule has 0 unspecified atom stereocenters. The molecule has 7 heteroatoms. The summed E-state index contributed by atoms with van der Waals surface area (Å²) in [6, 6.07) is 62.9. The lowest BCUT2D eigenvalue weighted by Gasteiger charge is -2.38. The molecule has 12 rings (SSSR count). The second-order valence-corrected chi connectivity index (χ2v) is 16.1. The van der Waals surface area contributed by atoms with Gasteiger partial charge in [-0.2, -0.15) is 0 Å². The summed E-state index contributed by atoms with van der Waals surface area (Å²) in [6.07, 6.45) is 13.5. The fraction of sp³-hybridized carbons (Fsp3) is 0. The van der Waals surface area contributed by atoms with Crippen LogP contribution in [0.1, 0.15) is 0 Å². The van der Waals surface area contributed by atoms with Crippen LogP contribution in [0.4, 0.5) is 5.69 Å². The Hall–Kier alpha value is -8.55. The molecule has 7 aromatic carbocycles. The molecule has 3 aromatic heterocycles. The number of hydrogen-bond acceptors (Lipinski definition) is 6. The lowest BCUT2D eigenvalue weighted by atomic mass is 9.48. The predicted molar refractivity (Wildman–Crippen MR) is 263 cm³/mol. The van der Waals surface area contributed by atoms with Crippen LogP contribution in [0.5, 0.6) is 0 Å². The fourth-order valence-corrected chi connectivity index (χ4v) is 9.22. The van der Waals surface area contributed by atoms with Crippen molar-refractivity contribution in [2.45, 2.75) is 0 Å². The average molecular weight is 817 g/mol. The Morgan fingerprint density at radius 3 is 1.64 bits per heavy atom. The van der Waals surface area contributed by atoms with Gasteiger partial charge in [0.15, 0.2) is 17.5 Å². The number of allylic oxidation sites excluding steroid dienone is 2. The highest BCUT2D eigenvalue weighted by molar-refractivity contribution is 6.85. The molecule has 298 valence electrons. The number of benzene rings is 7. The number of anilines is 1. The summed E-state index contributed by atoms with van der Waals surface area (Å²) in [5.41, 5.74) is 16.7. The maximum absolute atomic E-state index is 5.05. The zero-order valence-electron chi connectivity index (χ0n) is 34.6. The molecule has 0 fully saturated rings. The minimum atomic E-state index is -0.0513. The van der Waals surface area contributed by atoms with E-state index in [1.807, 2.05) is 24.3 Å². The van der Waals surface area contributed by atoms with Gasteiger partial charge in [0.1, 0.15) is 0 Å². The van der Waals surface area contributed by atoms with Crippen LogP contribution in [0, 0.1) is 0 Å². The SMILES string of the molecule is C1=CB2c3c(-c4ccc(-c5ccccc5)cc4)cc(-c4ccc(-c5cccc6ccccc56)cc4)cc3-c3ccc(-c4nc(-c5cccnc5)nc(-c5cccnc5)n4)cc3N2C=C1. The van der Waals surface area contributed by atoms with Crippen molar-refractivity contribution >= 4 is 28.8 Å². The van der Waals surface area contributed by atoms with E-state index < -0.39 is 0 Å². The van der Waals surface area contributed by atoms with Gasteiger partial charge in [0.05, 0.1) is 0 Å². The van der Waals surface area contributed by atoms with E-state index >= 15 is 0 Å². The first-order chi connectivity index (χ1) is 31.7. The molecule has 2 aliphatic heterocycles. The molecular formula is C57H37BN6. The maximum Gasteiger partial charge on any atom is 0.321 e. The number of aromatic nitrogens is 5. The van der Waals surface area contributed by atoms with Crippen molar-refractivity contribution in [3.8, 4) is 89.8 Å². The smallest absolute Gasteiger partial charge is 0.321 e. The lowest BCUT2D eigenvalue weighted by molar-refractivity contribution is 1.07. The highest BCUT2D eigenvalue weighted by Gasteiger charge is 2.36. The van der Waals surface area contributed by atoms with E-state index in [0.29, 0.717) is 17.5 Å². The van der Waals surface area contributed by atoms with E-state index in [9.17, 15) is 0 Å². The van der Waals surface area contributed by atoms with Crippen molar-refractivity contribution in [2.75, 3.05) is 4.81 Å². The summed E-state index contributed by atoms with van der Waals surface area (Å²) in [7, 11) is 0. The van der Waals surface area contributed by atoms with E-state index in [4.69, 9.17) is 15.0 Å². The second kappa shape index (κ2) is 15.7. The summed E-state index contributed by atoms with van der Waals surface area (Å²) >= 11 is 0. The van der Waals surface area contributed by atoms with Crippen molar-refractivity contribution in [1.29, 1.82) is 0 Å². The van der Waals surface area contributed by atoms with Crippen molar-refractivity contribution in [3.05, 3.63) is 225 Å². The minimum absolute atomic E-state index is 0.0513. The molecule has 0 radical (unpaired) electrons. The Kier molecular flexibility index (Phi) is 9.15. The van der Waals surface area contributed by atoms with E-state index in [1.54, 1.807) is 24.8 Å². The van der Waals surface area contributed by atoms with Crippen molar-refractivity contribution in [2.24, 2.45) is 0 Å². The van der Waals surface area contributed by atoms with Gasteiger partial charge in [0, 0.05) is 52.7 Å². The van der Waals surface area contributed by atoms with Gasteiger partial charge < -0.3 is 4.81 Å². The number of hydrogen-bond donors (Lipinski definition) is 0. The number of fused-ring (bicyclic) bond motifs is 7. The number of pyridine rings is 2. The van der Waals surface area contributed by atoms with Gasteiger partial charge in [-0.25, -0.2) is 15.0 Å². The van der Waals surface area contributed by atoms with Crippen molar-refractivity contribution in [3.63, 3.8) is 0 Å². The monoisotopic (exact) mass is 816 g/mol. The molecule has 6 nitrogen and oxygen atoms in total. The quantitative estimate of drug-likeness (QED) is 0.149. The molecule has 10 aromatic rings. The van der Waals surface area contributed by atoms with Crippen LogP contribution in [-0.4, -0.2) is 31.8 Å². The van der Waals surface area contributed by atoms with Crippen LogP contribution in [0.25, 0.3) is 101 Å². The van der Waals surface area contributed by atoms with Crippen LogP contribution in [-0.2, 0) is 0 Å². The summed E-state index contributed by atoms with van der Waals surface area (Å²) in [5, 5.41) is 2.49. The molecule has 0 saturated carbocycles. The molecule has 0 saturated heterocycles. The average Bonchev–Trinajstić information content (AvgIpc) is 3.39. The topological polar surface area (TPSA) is 67.7 Å². The zero-order chi connectivity index (χ0) is 42.4. The summed E-state index contributed by atoms with van der Waals surface area (Å²) in [5.74, 6) is 3.99. The zero-order valence-corrected chi connectivity index (χ0v) is 34.6. The van der Waals surface area contributed by atoms with Gasteiger partial charge in [-0.05, 0) is 121 Å². The number of nitrogens with zero attached hydrogens (tertiary/aromatic N) is 6. The summed E-state index contributed by atoms with van der Waals surface area (Å²) in [6.45, 7) is -0.0513. The fourth-order valence-electron chi connectivity index (χ4n) is 9.22. The predicted octanol–water partition coefficient (Wildman–Crippen LogP) is 12.8. The van der Waals surface area contributed by atoms with Gasteiger partial charge >= 0.3 is 6.85 Å². The normalized spacial score (nSPS) is 12.5. The van der Waals surface area contributed by atoms with Gasteiger partial charge in [-0.1, -0.05) is 146 Å². The molecule has 2 aliphatic rings. The highest BCUT2D eigenvalue weighted by atomic mass is 15.1. The minimum Gasteiger partial charge on any atom is -0.383 e. The third kappa shape index (κ3) is 6.67. The molecule has 0 aliphatic carbocycles. The Labute approximate surface area is 371 Å². The second-order valence-electron chi connectivity index (χ2n) is 16.1. The largest absolute Gasteiger partial charge is 0.383 e. The van der Waals surface area contributed by atoms with Gasteiger partial charge in [-0.3, -0.25) is 9.97 Å². The third-order valence-electron chi connectivity index (χ3n) is 12.3. The third-order valence-corrected chi connectivity index (χ3v) is 12.3. The standard InChI is InChI=1S/C57H37BN6/c1-2-11-38(12-3-1)39-19-25-43(26-20-39)51-33-47(40-21-23-42(24-22-40)49-18-8-14-41-13-4-5-17-48(41)49)34-52-50-28-27-44(35-53(50)64-32-7-6-29-58(64)54(51)52)55-61-56(45-15-9-30-59-36-45)63-57(62-55)46-16-10-31-60-37-46/h1-37H. The van der Waals surface area contributed by atoms with Crippen molar-refractivity contribution < 1.29 is 0 Å². The molecule has 64 heavy (non-hydrogen) atoms. The Morgan fingerprint density at radius 1 is 0.375 bits per heavy atom. The maximum atomic E-state index is 5.05. The van der Waals surface area contributed by atoms with Gasteiger partial charge in [0.25, 0.3) is 0 Å². The van der Waals surface area contributed by atoms with Crippen LogP contribution >= 0.6 is 0 Å². The first-order valence-corrected chi connectivity index (χ1v) is 21.5. The van der Waals surface area contributed by atoms with Crippen LogP contribution < -0.4 is 10.3 Å². The van der Waals surface area contributed by atoms with Crippen molar-refractivity contribution in [1.82, 2.24) is 24.9 Å². The van der Waals surface area contributed by atoms with Crippen LogP contribution in [0.15, 0.2) is 225 Å². The van der Waals surface area contributed by atoms with Crippen LogP contribution in [0.3, 0.4) is 0 Å². The van der Waals surface area contributed by atoms with E-state index in [0.717, 1.165) is 39.1 Å². The Balaban J connectivity index is 1.03. The lowest BCUT2D eigenvalue weighted by Crippen LogP contribution is -2.50. The summed E-state index contributed by atoms with van der Waals surface area (Å²) < 4.78 is 0. The molecular weight excluding hydrogens is 779 g/mol. The first-order valence-electron chi connectivity index (χ1n) is 21.5. The van der Waals surface area contributed by atoms with E-state index in [-0.39, 0.29) is 6.85 Å². The van der Waals surface area contributed by atoms with Gasteiger partial charge in [0.2, 0.25) is 0 Å². The van der Waals surface area contributed by atoms with E-state index in [1.165, 1.54) is 55.2 Å². The number of rotatable bonds is 7. The first kappa shape index (κ1) is 37.2. The molecule has 0 atom stereocenters. The Morgan fingerprint density at radius 2 is 0.938 bits per heavy atom. The highest BCUT2D eigenvalue weighted by Crippen LogP contribution is 2.43. The molecule has 0 N–H and O–H groups in total. The Bertz CT molecular complexity index is 3360. The molecule has 0 amide bonds.